The number of methoxy groups -OCH3 is 2. The van der Waals surface area contributed by atoms with Crippen molar-refractivity contribution in [2.24, 2.45) is 0 Å². The lowest BCUT2D eigenvalue weighted by molar-refractivity contribution is -0.141. The minimum atomic E-state index is -0.890. The Morgan fingerprint density at radius 3 is 2.21 bits per heavy atom. The van der Waals surface area contributed by atoms with E-state index in [-0.39, 0.29) is 34.6 Å². The molecule has 0 saturated heterocycles. The molecule has 28 heavy (non-hydrogen) atoms. The Morgan fingerprint density at radius 1 is 1.07 bits per heavy atom. The van der Waals surface area contributed by atoms with Crippen molar-refractivity contribution in [2.45, 2.75) is 33.3 Å². The number of ketones is 2. The fraction of sp³-hybridized carbons (Fsp3) is 0.318. The number of rotatable bonds is 7. The molecule has 0 spiro atoms. The molecule has 2 rings (SSSR count). The maximum atomic E-state index is 13.2. The molecular formula is C22H24O6. The van der Waals surface area contributed by atoms with E-state index in [1.54, 1.807) is 25.1 Å². The quantitative estimate of drug-likeness (QED) is 0.404. The molecule has 0 unspecified atom stereocenters. The first-order valence-electron chi connectivity index (χ1n) is 8.86. The Bertz CT molecular complexity index is 885. The van der Waals surface area contributed by atoms with Gasteiger partial charge in [-0.1, -0.05) is 17.7 Å². The van der Waals surface area contributed by atoms with Crippen LogP contribution in [0, 0.1) is 0 Å². The van der Waals surface area contributed by atoms with Crippen molar-refractivity contribution in [2.75, 3.05) is 14.2 Å². The maximum absolute atomic E-state index is 13.2. The van der Waals surface area contributed by atoms with Crippen molar-refractivity contribution in [3.63, 3.8) is 0 Å². The van der Waals surface area contributed by atoms with E-state index in [0.717, 1.165) is 5.57 Å². The third-order valence-corrected chi connectivity index (χ3v) is 4.24. The van der Waals surface area contributed by atoms with E-state index >= 15 is 0 Å². The van der Waals surface area contributed by atoms with Gasteiger partial charge in [-0.15, -0.1) is 0 Å². The molecule has 1 aliphatic rings. The Morgan fingerprint density at radius 2 is 1.68 bits per heavy atom. The lowest BCUT2D eigenvalue weighted by atomic mass is 9.85. The van der Waals surface area contributed by atoms with Crippen molar-refractivity contribution in [3.8, 4) is 11.5 Å². The van der Waals surface area contributed by atoms with E-state index in [2.05, 4.69) is 0 Å². The summed E-state index contributed by atoms with van der Waals surface area (Å²) < 4.78 is 16.0. The average Bonchev–Trinajstić information content (AvgIpc) is 2.66. The number of Topliss-reactive ketones (excluding diaryl/α,β-unsaturated/α-hetero) is 1. The number of benzene rings is 1. The Balaban J connectivity index is 2.55. The molecule has 0 aromatic heterocycles. The van der Waals surface area contributed by atoms with Gasteiger partial charge in [-0.25, -0.2) is 4.79 Å². The van der Waals surface area contributed by atoms with Gasteiger partial charge in [0.25, 0.3) is 0 Å². The minimum absolute atomic E-state index is 0.111. The highest BCUT2D eigenvalue weighted by Gasteiger charge is 2.36. The second kappa shape index (κ2) is 9.17. The number of esters is 1. The lowest BCUT2D eigenvalue weighted by Crippen LogP contribution is -2.29. The Labute approximate surface area is 164 Å². The van der Waals surface area contributed by atoms with Crippen molar-refractivity contribution in [1.82, 2.24) is 0 Å². The predicted molar refractivity (Wildman–Crippen MR) is 105 cm³/mol. The van der Waals surface area contributed by atoms with Crippen molar-refractivity contribution in [3.05, 3.63) is 58.7 Å². The monoisotopic (exact) mass is 384 g/mol. The zero-order valence-electron chi connectivity index (χ0n) is 16.7. The van der Waals surface area contributed by atoms with E-state index in [4.69, 9.17) is 14.2 Å². The molecule has 1 aromatic carbocycles. The molecular weight excluding hydrogens is 360 g/mol. The van der Waals surface area contributed by atoms with Crippen LogP contribution in [-0.2, 0) is 9.53 Å². The summed E-state index contributed by atoms with van der Waals surface area (Å²) in [4.78, 5) is 38.1. The molecule has 6 nitrogen and oxygen atoms in total. The van der Waals surface area contributed by atoms with Crippen LogP contribution in [0.15, 0.2) is 47.6 Å². The van der Waals surface area contributed by atoms with Gasteiger partial charge in [0.15, 0.2) is 11.6 Å². The highest BCUT2D eigenvalue weighted by atomic mass is 16.5. The summed E-state index contributed by atoms with van der Waals surface area (Å²) in [5.74, 6) is -0.855. The number of allylic oxidation sites excluding steroid dienone is 3. The predicted octanol–water partition coefficient (Wildman–Crippen LogP) is 3.85. The molecule has 0 amide bonds. The largest absolute Gasteiger partial charge is 0.496 e. The number of ether oxygens (including phenoxy) is 3. The number of hydrogen-bond donors (Lipinski definition) is 0. The van der Waals surface area contributed by atoms with Gasteiger partial charge in [0.05, 0.1) is 25.3 Å². The summed E-state index contributed by atoms with van der Waals surface area (Å²) >= 11 is 0. The van der Waals surface area contributed by atoms with Crippen LogP contribution in [0.4, 0.5) is 0 Å². The topological polar surface area (TPSA) is 78.9 Å². The molecule has 148 valence electrons. The number of carbonyl (C=O) groups is 3. The summed E-state index contributed by atoms with van der Waals surface area (Å²) in [6.45, 7) is 5.49. The minimum Gasteiger partial charge on any atom is -0.496 e. The van der Waals surface area contributed by atoms with E-state index < -0.39 is 23.6 Å². The van der Waals surface area contributed by atoms with Crippen LogP contribution in [0.1, 0.15) is 47.9 Å². The highest BCUT2D eigenvalue weighted by molar-refractivity contribution is 6.27. The van der Waals surface area contributed by atoms with Gasteiger partial charge >= 0.3 is 5.97 Å². The molecule has 0 heterocycles. The van der Waals surface area contributed by atoms with Gasteiger partial charge in [0, 0.05) is 18.1 Å². The number of fused-ring (bicyclic) bond motifs is 1. The molecule has 6 heteroatoms. The van der Waals surface area contributed by atoms with Gasteiger partial charge in [0.2, 0.25) is 0 Å². The van der Waals surface area contributed by atoms with Gasteiger partial charge in [-0.3, -0.25) is 9.59 Å². The SMILES string of the molecule is C/C=C/C(=O)O[C@H](CC=C(C)C)C1=CC(=O)c2c(OC)ccc(OC)c2C1=O. The first-order valence-corrected chi connectivity index (χ1v) is 8.86. The van der Waals surface area contributed by atoms with E-state index in [9.17, 15) is 14.4 Å². The summed E-state index contributed by atoms with van der Waals surface area (Å²) in [5, 5.41) is 0. The lowest BCUT2D eigenvalue weighted by Gasteiger charge is -2.24. The molecule has 0 N–H and O–H groups in total. The normalized spacial score (nSPS) is 14.2. The summed E-state index contributed by atoms with van der Waals surface area (Å²) in [5.41, 5.74) is 1.38. The average molecular weight is 384 g/mol. The summed E-state index contributed by atoms with van der Waals surface area (Å²) in [7, 11) is 2.85. The maximum Gasteiger partial charge on any atom is 0.331 e. The second-order valence-electron chi connectivity index (χ2n) is 6.46. The van der Waals surface area contributed by atoms with Crippen molar-refractivity contribution >= 4 is 17.5 Å². The van der Waals surface area contributed by atoms with Crippen LogP contribution in [-0.4, -0.2) is 37.9 Å². The molecule has 0 fully saturated rings. The van der Waals surface area contributed by atoms with Crippen molar-refractivity contribution in [1.29, 1.82) is 0 Å². The molecule has 1 aliphatic carbocycles. The first kappa shape index (κ1) is 21.2. The first-order chi connectivity index (χ1) is 13.3. The van der Waals surface area contributed by atoms with Gasteiger partial charge in [0.1, 0.15) is 17.6 Å². The van der Waals surface area contributed by atoms with Crippen LogP contribution in [0.25, 0.3) is 0 Å². The standard InChI is InChI=1S/C22H24O6/c1-6-7-19(24)28-16(9-8-13(2)3)14-12-15(23)20-17(26-4)10-11-18(27-5)21(20)22(14)25/h6-8,10-12,16H,9H2,1-5H3/b7-6+/t16-/m1/s1. The molecule has 0 bridgehead atoms. The van der Waals surface area contributed by atoms with Gasteiger partial charge in [-0.05, 0) is 39.0 Å². The molecule has 0 aliphatic heterocycles. The van der Waals surface area contributed by atoms with Gasteiger partial charge in [-0.2, -0.15) is 0 Å². The van der Waals surface area contributed by atoms with Crippen LogP contribution >= 0.6 is 0 Å². The molecule has 0 saturated carbocycles. The highest BCUT2D eigenvalue weighted by Crippen LogP contribution is 2.37. The van der Waals surface area contributed by atoms with E-state index in [1.807, 2.05) is 19.9 Å². The molecule has 0 radical (unpaired) electrons. The second-order valence-corrected chi connectivity index (χ2v) is 6.46. The van der Waals surface area contributed by atoms with E-state index in [0.29, 0.717) is 0 Å². The smallest absolute Gasteiger partial charge is 0.331 e. The fourth-order valence-corrected chi connectivity index (χ4v) is 2.93. The number of carbonyl (C=O) groups excluding carboxylic acids is 3. The van der Waals surface area contributed by atoms with Crippen LogP contribution in [0.5, 0.6) is 11.5 Å². The zero-order valence-corrected chi connectivity index (χ0v) is 16.7. The fourth-order valence-electron chi connectivity index (χ4n) is 2.93. The van der Waals surface area contributed by atoms with E-state index in [1.165, 1.54) is 26.4 Å². The molecule has 1 aromatic rings. The van der Waals surface area contributed by atoms with Crippen LogP contribution in [0.3, 0.4) is 0 Å². The Hall–Kier alpha value is -3.15. The molecule has 1 atom stereocenters. The zero-order chi connectivity index (χ0) is 20.8. The van der Waals surface area contributed by atoms with Crippen molar-refractivity contribution < 1.29 is 28.6 Å². The van der Waals surface area contributed by atoms with Crippen LogP contribution in [0.2, 0.25) is 0 Å². The van der Waals surface area contributed by atoms with Crippen LogP contribution < -0.4 is 9.47 Å². The number of hydrogen-bond acceptors (Lipinski definition) is 6. The third-order valence-electron chi connectivity index (χ3n) is 4.24. The summed E-state index contributed by atoms with van der Waals surface area (Å²) in [6, 6.07) is 3.15. The Kier molecular flexibility index (Phi) is 6.93. The third kappa shape index (κ3) is 4.39. The summed E-state index contributed by atoms with van der Waals surface area (Å²) in [6.07, 6.45) is 5.27. The van der Waals surface area contributed by atoms with Gasteiger partial charge < -0.3 is 14.2 Å².